The summed E-state index contributed by atoms with van der Waals surface area (Å²) in [4.78, 5) is 27.2. The highest BCUT2D eigenvalue weighted by Crippen LogP contribution is 2.42. The van der Waals surface area contributed by atoms with Crippen LogP contribution >= 0.6 is 19.2 Å². The molecule has 0 bridgehead atoms. The van der Waals surface area contributed by atoms with Crippen LogP contribution in [0.1, 0.15) is 17.5 Å². The predicted octanol–water partition coefficient (Wildman–Crippen LogP) is 6.21. The van der Waals surface area contributed by atoms with E-state index in [0.29, 0.717) is 22.8 Å². The minimum Gasteiger partial charge on any atom is -0.423 e. The molecule has 0 radical (unpaired) electrons. The lowest BCUT2D eigenvalue weighted by Crippen LogP contribution is -2.24. The zero-order valence-corrected chi connectivity index (χ0v) is 24.8. The quantitative estimate of drug-likeness (QED) is 0.0932. The molecule has 3 aromatic carbocycles. The molecule has 0 aliphatic rings. The highest BCUT2D eigenvalue weighted by molar-refractivity contribution is 7.53. The number of pyridine rings is 1. The van der Waals surface area contributed by atoms with Crippen LogP contribution < -0.4 is 15.4 Å². The normalized spacial score (nSPS) is 12.4. The van der Waals surface area contributed by atoms with E-state index in [4.69, 9.17) is 26.1 Å². The van der Waals surface area contributed by atoms with E-state index in [1.807, 2.05) is 0 Å². The van der Waals surface area contributed by atoms with Crippen molar-refractivity contribution in [2.75, 3.05) is 24.8 Å². The SMILES string of the molecule is N#Cc1ccc(Cn2nc(-c3cc(Cl)c(NCCCOCP(=O)(O)Oc4ccccc4)nc3F)c3ccccc3c2=O)cc1. The van der Waals surface area contributed by atoms with Crippen molar-refractivity contribution < 1.29 is 23.1 Å². The lowest BCUT2D eigenvalue weighted by atomic mass is 10.1. The summed E-state index contributed by atoms with van der Waals surface area (Å²) in [5, 5.41) is 17.4. The molecule has 13 heteroatoms. The molecule has 5 aromatic rings. The van der Waals surface area contributed by atoms with Crippen LogP contribution in [0.2, 0.25) is 5.02 Å². The number of hydrogen-bond donors (Lipinski definition) is 2. The summed E-state index contributed by atoms with van der Waals surface area (Å²) in [6.07, 6.45) is -0.0856. The molecule has 0 saturated carbocycles. The van der Waals surface area contributed by atoms with Gasteiger partial charge in [0.15, 0.2) is 6.35 Å². The van der Waals surface area contributed by atoms with Crippen LogP contribution in [0.5, 0.6) is 5.75 Å². The number of benzene rings is 3. The van der Waals surface area contributed by atoms with E-state index in [1.165, 1.54) is 10.7 Å². The maximum atomic E-state index is 15.5. The third kappa shape index (κ3) is 7.48. The van der Waals surface area contributed by atoms with Crippen LogP contribution in [0.3, 0.4) is 0 Å². The molecule has 1 atom stereocenters. The van der Waals surface area contributed by atoms with Crippen molar-refractivity contribution >= 4 is 35.8 Å². The Bertz CT molecular complexity index is 1930. The Kier molecular flexibility index (Phi) is 9.68. The average molecular weight is 634 g/mol. The van der Waals surface area contributed by atoms with Gasteiger partial charge in [0.1, 0.15) is 17.3 Å². The molecule has 0 fully saturated rings. The molecule has 0 aliphatic carbocycles. The third-order valence-electron chi connectivity index (χ3n) is 6.47. The number of nitrogens with zero attached hydrogens (tertiary/aromatic N) is 4. The van der Waals surface area contributed by atoms with Gasteiger partial charge in [-0.05, 0) is 48.4 Å². The Balaban J connectivity index is 1.27. The van der Waals surface area contributed by atoms with E-state index in [1.54, 1.807) is 78.9 Å². The first-order valence-electron chi connectivity index (χ1n) is 13.5. The summed E-state index contributed by atoms with van der Waals surface area (Å²) in [5.41, 5.74) is 1.10. The summed E-state index contributed by atoms with van der Waals surface area (Å²) in [5.74, 6) is -0.472. The molecule has 224 valence electrons. The fourth-order valence-corrected chi connectivity index (χ4v) is 5.47. The van der Waals surface area contributed by atoms with E-state index in [0.717, 1.165) is 5.56 Å². The Morgan fingerprint density at radius 2 is 1.75 bits per heavy atom. The van der Waals surface area contributed by atoms with Gasteiger partial charge in [0.05, 0.1) is 34.1 Å². The number of rotatable bonds is 12. The molecule has 2 aromatic heterocycles. The van der Waals surface area contributed by atoms with Crippen LogP contribution in [-0.4, -0.2) is 39.2 Å². The zero-order valence-electron chi connectivity index (χ0n) is 23.2. The first kappa shape index (κ1) is 30.9. The maximum Gasteiger partial charge on any atom is 0.402 e. The van der Waals surface area contributed by atoms with E-state index < -0.39 is 19.9 Å². The molecular weight excluding hydrogens is 608 g/mol. The smallest absolute Gasteiger partial charge is 0.402 e. The number of aromatic nitrogens is 3. The molecular formula is C31H26ClFN5O5P. The van der Waals surface area contributed by atoms with Crippen LogP contribution in [0.25, 0.3) is 22.0 Å². The van der Waals surface area contributed by atoms with Crippen LogP contribution in [-0.2, 0) is 15.8 Å². The second kappa shape index (κ2) is 13.8. The summed E-state index contributed by atoms with van der Waals surface area (Å²) in [7, 11) is -3.98. The summed E-state index contributed by atoms with van der Waals surface area (Å²) < 4.78 is 39.3. The van der Waals surface area contributed by atoms with Crippen molar-refractivity contribution in [1.29, 1.82) is 5.26 Å². The fourth-order valence-electron chi connectivity index (χ4n) is 4.39. The molecule has 0 spiro atoms. The molecule has 1 unspecified atom stereocenters. The Morgan fingerprint density at radius 1 is 1.05 bits per heavy atom. The maximum absolute atomic E-state index is 15.5. The summed E-state index contributed by atoms with van der Waals surface area (Å²) in [6, 6.07) is 25.3. The number of fused-ring (bicyclic) bond motifs is 1. The average Bonchev–Trinajstić information content (AvgIpc) is 3.02. The second-order valence-electron chi connectivity index (χ2n) is 9.68. The highest BCUT2D eigenvalue weighted by atomic mass is 35.5. The van der Waals surface area contributed by atoms with E-state index in [9.17, 15) is 14.3 Å². The number of hydrogen-bond acceptors (Lipinski definition) is 8. The standard InChI is InChI=1S/C31H26ClFN5O5P/c32-27-17-26(29(33)36-30(27)35-15-6-16-42-20-44(40,41)43-23-7-2-1-3-8-23)28-24-9-4-5-10-25(24)31(39)38(37-28)19-22-13-11-21(18-34)12-14-22/h1-5,7-14,17H,6,15-16,19-20H2,(H,35,36)(H,40,41). The van der Waals surface area contributed by atoms with Gasteiger partial charge in [-0.15, -0.1) is 0 Å². The van der Waals surface area contributed by atoms with E-state index in [2.05, 4.69) is 21.5 Å². The van der Waals surface area contributed by atoms with Gasteiger partial charge in [0.25, 0.3) is 5.56 Å². The first-order chi connectivity index (χ1) is 21.2. The molecule has 10 nitrogen and oxygen atoms in total. The number of nitriles is 1. The number of ether oxygens (including phenoxy) is 1. The fraction of sp³-hybridized carbons (Fsp3) is 0.161. The van der Waals surface area contributed by atoms with Crippen LogP contribution in [0.4, 0.5) is 10.2 Å². The minimum absolute atomic E-state index is 0.0192. The van der Waals surface area contributed by atoms with E-state index in [-0.39, 0.29) is 53.1 Å². The van der Waals surface area contributed by atoms with Gasteiger partial charge in [-0.1, -0.05) is 60.1 Å². The molecule has 0 aliphatic heterocycles. The summed E-state index contributed by atoms with van der Waals surface area (Å²) in [6.45, 7) is 0.527. The minimum atomic E-state index is -3.98. The van der Waals surface area contributed by atoms with Gasteiger partial charge in [0.2, 0.25) is 5.95 Å². The number of nitrogens with one attached hydrogen (secondary N) is 1. The molecule has 2 N–H and O–H groups in total. The summed E-state index contributed by atoms with van der Waals surface area (Å²) >= 11 is 6.48. The third-order valence-corrected chi connectivity index (χ3v) is 7.76. The Labute approximate surface area is 256 Å². The largest absolute Gasteiger partial charge is 0.423 e. The van der Waals surface area contributed by atoms with Gasteiger partial charge in [-0.3, -0.25) is 4.79 Å². The van der Waals surface area contributed by atoms with Crippen molar-refractivity contribution in [3.8, 4) is 23.1 Å². The van der Waals surface area contributed by atoms with Gasteiger partial charge < -0.3 is 19.5 Å². The number of para-hydroxylation sites is 1. The molecule has 0 amide bonds. The Hall–Kier alpha value is -4.59. The van der Waals surface area contributed by atoms with Gasteiger partial charge in [-0.2, -0.15) is 14.8 Å². The first-order valence-corrected chi connectivity index (χ1v) is 15.6. The van der Waals surface area contributed by atoms with Crippen molar-refractivity contribution in [2.45, 2.75) is 13.0 Å². The number of anilines is 1. The Morgan fingerprint density at radius 3 is 2.48 bits per heavy atom. The van der Waals surface area contributed by atoms with Crippen LogP contribution in [0, 0.1) is 17.3 Å². The van der Waals surface area contributed by atoms with Crippen molar-refractivity contribution in [3.05, 3.63) is 117 Å². The van der Waals surface area contributed by atoms with Crippen LogP contribution in [0.15, 0.2) is 89.7 Å². The van der Waals surface area contributed by atoms with Gasteiger partial charge in [-0.25, -0.2) is 14.2 Å². The van der Waals surface area contributed by atoms with Crippen molar-refractivity contribution in [3.63, 3.8) is 0 Å². The molecule has 0 saturated heterocycles. The lowest BCUT2D eigenvalue weighted by molar-refractivity contribution is 0.158. The number of halogens is 2. The second-order valence-corrected chi connectivity index (χ2v) is 11.8. The monoisotopic (exact) mass is 633 g/mol. The predicted molar refractivity (Wildman–Crippen MR) is 165 cm³/mol. The van der Waals surface area contributed by atoms with Gasteiger partial charge >= 0.3 is 7.60 Å². The zero-order chi connectivity index (χ0) is 31.1. The lowest BCUT2D eigenvalue weighted by Gasteiger charge is -2.14. The topological polar surface area (TPSA) is 139 Å². The molecule has 44 heavy (non-hydrogen) atoms. The highest BCUT2D eigenvalue weighted by Gasteiger charge is 2.22. The van der Waals surface area contributed by atoms with Gasteiger partial charge in [0, 0.05) is 18.5 Å². The molecule has 5 rings (SSSR count). The van der Waals surface area contributed by atoms with Crippen molar-refractivity contribution in [2.24, 2.45) is 0 Å². The van der Waals surface area contributed by atoms with E-state index >= 15 is 4.39 Å². The van der Waals surface area contributed by atoms with Crippen molar-refractivity contribution in [1.82, 2.24) is 14.8 Å². The molecule has 2 heterocycles.